The van der Waals surface area contributed by atoms with E-state index in [4.69, 9.17) is 15.3 Å². The number of aromatic nitrogens is 3. The molecule has 3 N–H and O–H groups in total. The molecule has 0 aliphatic carbocycles. The molecule has 0 aliphatic heterocycles. The second-order valence-corrected chi connectivity index (χ2v) is 7.17. The summed E-state index contributed by atoms with van der Waals surface area (Å²) in [7, 11) is 1.59. The molecule has 0 bridgehead atoms. The van der Waals surface area contributed by atoms with Crippen molar-refractivity contribution in [1.29, 1.82) is 0 Å². The number of methoxy groups -OCH3 is 1. The molecule has 1 aromatic heterocycles. The first-order valence-electron chi connectivity index (χ1n) is 9.00. The standard InChI is InChI=1S/C20H23N5O3S/c1-14(15-7-4-3-5-8-15)22-19(26)13-29-20-24-23-18(25(20)21)12-28-17-10-6-9-16(11-17)27-2/h3-11,14H,12-13,21H2,1-2H3,(H,22,26). The van der Waals surface area contributed by atoms with Crippen LogP contribution in [0.15, 0.2) is 59.8 Å². The van der Waals surface area contributed by atoms with Gasteiger partial charge in [-0.15, -0.1) is 10.2 Å². The third kappa shape index (κ3) is 5.64. The number of ether oxygens (including phenoxy) is 2. The number of thioether (sulfide) groups is 1. The van der Waals surface area contributed by atoms with Crippen molar-refractivity contribution in [1.82, 2.24) is 20.2 Å². The maximum Gasteiger partial charge on any atom is 0.230 e. The normalized spacial score (nSPS) is 11.7. The van der Waals surface area contributed by atoms with Crippen molar-refractivity contribution < 1.29 is 14.3 Å². The Labute approximate surface area is 173 Å². The Morgan fingerprint density at radius 2 is 1.93 bits per heavy atom. The van der Waals surface area contributed by atoms with Crippen molar-refractivity contribution >= 4 is 17.7 Å². The summed E-state index contributed by atoms with van der Waals surface area (Å²) < 4.78 is 12.2. The Balaban J connectivity index is 1.50. The molecular formula is C20H23N5O3S. The smallest absolute Gasteiger partial charge is 0.230 e. The van der Waals surface area contributed by atoms with Gasteiger partial charge in [0.1, 0.15) is 18.1 Å². The van der Waals surface area contributed by atoms with E-state index in [1.54, 1.807) is 13.2 Å². The number of carbonyl (C=O) groups is 1. The molecule has 0 saturated carbocycles. The Kier molecular flexibility index (Phi) is 6.96. The summed E-state index contributed by atoms with van der Waals surface area (Å²) in [6, 6.07) is 16.9. The second kappa shape index (κ2) is 9.83. The van der Waals surface area contributed by atoms with E-state index < -0.39 is 0 Å². The van der Waals surface area contributed by atoms with Gasteiger partial charge in [-0.25, -0.2) is 4.68 Å². The van der Waals surface area contributed by atoms with E-state index in [2.05, 4.69) is 15.5 Å². The third-order valence-corrected chi connectivity index (χ3v) is 5.10. The molecule has 9 heteroatoms. The molecule has 1 atom stereocenters. The first kappa shape index (κ1) is 20.5. The predicted octanol–water partition coefficient (Wildman–Crippen LogP) is 2.55. The maximum atomic E-state index is 12.2. The van der Waals surface area contributed by atoms with Gasteiger partial charge in [0.15, 0.2) is 5.82 Å². The molecule has 0 aliphatic rings. The van der Waals surface area contributed by atoms with Gasteiger partial charge in [0.25, 0.3) is 0 Å². The monoisotopic (exact) mass is 413 g/mol. The predicted molar refractivity (Wildman–Crippen MR) is 111 cm³/mol. The van der Waals surface area contributed by atoms with E-state index in [1.165, 1.54) is 16.4 Å². The van der Waals surface area contributed by atoms with Crippen molar-refractivity contribution in [2.45, 2.75) is 24.7 Å². The molecule has 1 amide bonds. The molecule has 152 valence electrons. The highest BCUT2D eigenvalue weighted by molar-refractivity contribution is 7.99. The molecule has 0 saturated heterocycles. The van der Waals surface area contributed by atoms with Crippen molar-refractivity contribution in [3.63, 3.8) is 0 Å². The molecule has 0 spiro atoms. The second-order valence-electron chi connectivity index (χ2n) is 6.23. The van der Waals surface area contributed by atoms with E-state index in [1.807, 2.05) is 55.5 Å². The highest BCUT2D eigenvalue weighted by Gasteiger charge is 2.14. The quantitative estimate of drug-likeness (QED) is 0.410. The lowest BCUT2D eigenvalue weighted by Gasteiger charge is -2.13. The SMILES string of the molecule is COc1cccc(OCc2nnc(SCC(=O)NC(C)c3ccccc3)n2N)c1. The van der Waals surface area contributed by atoms with E-state index in [0.717, 1.165) is 5.56 Å². The van der Waals surface area contributed by atoms with E-state index >= 15 is 0 Å². The summed E-state index contributed by atoms with van der Waals surface area (Å²) in [5.74, 6) is 7.90. The summed E-state index contributed by atoms with van der Waals surface area (Å²) >= 11 is 1.22. The van der Waals surface area contributed by atoms with E-state index in [9.17, 15) is 4.79 Å². The first-order chi connectivity index (χ1) is 14.1. The van der Waals surface area contributed by atoms with Gasteiger partial charge in [-0.1, -0.05) is 48.2 Å². The van der Waals surface area contributed by atoms with Crippen LogP contribution in [-0.4, -0.2) is 33.6 Å². The van der Waals surface area contributed by atoms with Crippen molar-refractivity contribution in [2.75, 3.05) is 18.7 Å². The lowest BCUT2D eigenvalue weighted by Crippen LogP contribution is -2.28. The fraction of sp³-hybridized carbons (Fsp3) is 0.250. The number of nitrogens with one attached hydrogen (secondary N) is 1. The van der Waals surface area contributed by atoms with Gasteiger partial charge in [0.2, 0.25) is 11.1 Å². The number of benzene rings is 2. The summed E-state index contributed by atoms with van der Waals surface area (Å²) in [5.41, 5.74) is 1.05. The van der Waals surface area contributed by atoms with Crippen LogP contribution in [0.4, 0.5) is 0 Å². The van der Waals surface area contributed by atoms with Crippen LogP contribution in [0, 0.1) is 0 Å². The highest BCUT2D eigenvalue weighted by atomic mass is 32.2. The van der Waals surface area contributed by atoms with Gasteiger partial charge >= 0.3 is 0 Å². The molecule has 3 aromatic rings. The minimum Gasteiger partial charge on any atom is -0.497 e. The average Bonchev–Trinajstić information content (AvgIpc) is 3.11. The summed E-state index contributed by atoms with van der Waals surface area (Å²) in [4.78, 5) is 12.2. The summed E-state index contributed by atoms with van der Waals surface area (Å²) in [5, 5.41) is 11.5. The Bertz CT molecular complexity index is 948. The minimum atomic E-state index is -0.108. The minimum absolute atomic E-state index is 0.0770. The van der Waals surface area contributed by atoms with Crippen LogP contribution < -0.4 is 20.6 Å². The fourth-order valence-corrected chi connectivity index (χ4v) is 3.27. The van der Waals surface area contributed by atoms with Gasteiger partial charge in [-0.05, 0) is 24.6 Å². The van der Waals surface area contributed by atoms with Crippen LogP contribution in [0.3, 0.4) is 0 Å². The largest absolute Gasteiger partial charge is 0.497 e. The molecule has 1 unspecified atom stereocenters. The number of nitrogen functional groups attached to an aromatic ring is 1. The third-order valence-electron chi connectivity index (χ3n) is 4.15. The lowest BCUT2D eigenvalue weighted by atomic mass is 10.1. The Morgan fingerprint density at radius 3 is 2.69 bits per heavy atom. The van der Waals surface area contributed by atoms with Crippen LogP contribution in [0.5, 0.6) is 11.5 Å². The number of nitrogens with two attached hydrogens (primary N) is 1. The molecule has 29 heavy (non-hydrogen) atoms. The van der Waals surface area contributed by atoms with Crippen LogP contribution in [0.1, 0.15) is 24.4 Å². The summed E-state index contributed by atoms with van der Waals surface area (Å²) in [6.07, 6.45) is 0. The van der Waals surface area contributed by atoms with Gasteiger partial charge < -0.3 is 20.6 Å². The lowest BCUT2D eigenvalue weighted by molar-refractivity contribution is -0.119. The van der Waals surface area contributed by atoms with Crippen LogP contribution in [0.2, 0.25) is 0 Å². The van der Waals surface area contributed by atoms with Crippen molar-refractivity contribution in [2.24, 2.45) is 0 Å². The molecular weight excluding hydrogens is 390 g/mol. The number of carbonyl (C=O) groups excluding carboxylic acids is 1. The van der Waals surface area contributed by atoms with Gasteiger partial charge in [0, 0.05) is 6.07 Å². The molecule has 0 fully saturated rings. The average molecular weight is 414 g/mol. The highest BCUT2D eigenvalue weighted by Crippen LogP contribution is 2.21. The molecule has 8 nitrogen and oxygen atoms in total. The van der Waals surface area contributed by atoms with Crippen molar-refractivity contribution in [3.05, 3.63) is 66.0 Å². The van der Waals surface area contributed by atoms with Crippen molar-refractivity contribution in [3.8, 4) is 11.5 Å². The van der Waals surface area contributed by atoms with Gasteiger partial charge in [0.05, 0.1) is 18.9 Å². The molecule has 1 heterocycles. The van der Waals surface area contributed by atoms with Crippen LogP contribution in [0.25, 0.3) is 0 Å². The zero-order valence-electron chi connectivity index (χ0n) is 16.2. The summed E-state index contributed by atoms with van der Waals surface area (Å²) in [6.45, 7) is 2.09. The molecule has 2 aromatic carbocycles. The fourth-order valence-electron chi connectivity index (χ4n) is 2.58. The molecule has 0 radical (unpaired) electrons. The topological polar surface area (TPSA) is 104 Å². The molecule has 3 rings (SSSR count). The Morgan fingerprint density at radius 1 is 1.17 bits per heavy atom. The number of hydrogen-bond donors (Lipinski definition) is 2. The maximum absolute atomic E-state index is 12.2. The number of amides is 1. The van der Waals surface area contributed by atoms with Gasteiger partial charge in [-0.3, -0.25) is 4.79 Å². The number of nitrogens with zero attached hydrogens (tertiary/aromatic N) is 3. The zero-order chi connectivity index (χ0) is 20.6. The van der Waals surface area contributed by atoms with E-state index in [0.29, 0.717) is 22.5 Å². The zero-order valence-corrected chi connectivity index (χ0v) is 17.1. The Hall–Kier alpha value is -3.20. The number of rotatable bonds is 9. The van der Waals surface area contributed by atoms with E-state index in [-0.39, 0.29) is 24.3 Å². The first-order valence-corrected chi connectivity index (χ1v) is 9.98. The van der Waals surface area contributed by atoms with Crippen LogP contribution in [-0.2, 0) is 11.4 Å². The van der Waals surface area contributed by atoms with Crippen LogP contribution >= 0.6 is 11.8 Å². The number of hydrogen-bond acceptors (Lipinski definition) is 7. The van der Waals surface area contributed by atoms with Gasteiger partial charge in [-0.2, -0.15) is 0 Å².